The predicted molar refractivity (Wildman–Crippen MR) is 52.8 cm³/mol. The standard InChI is InChI=1S/C9H7ClN2O2/c1-4-5-2-3-6(9(13)14)7(10)8(5)12-11-4/h2-3H,1H3,(H,11,12)(H,13,14). The number of hydrogen-bond donors (Lipinski definition) is 2. The van der Waals surface area contributed by atoms with Gasteiger partial charge in [-0.1, -0.05) is 11.6 Å². The molecule has 0 spiro atoms. The lowest BCUT2D eigenvalue weighted by atomic mass is 10.1. The number of benzene rings is 1. The normalized spacial score (nSPS) is 10.7. The van der Waals surface area contributed by atoms with E-state index in [9.17, 15) is 4.79 Å². The number of halogens is 1. The van der Waals surface area contributed by atoms with Crippen molar-refractivity contribution in [1.82, 2.24) is 10.2 Å². The summed E-state index contributed by atoms with van der Waals surface area (Å²) in [6.07, 6.45) is 0. The summed E-state index contributed by atoms with van der Waals surface area (Å²) in [6, 6.07) is 3.18. The van der Waals surface area contributed by atoms with Crippen LogP contribution in [0.25, 0.3) is 10.9 Å². The van der Waals surface area contributed by atoms with E-state index >= 15 is 0 Å². The molecular weight excluding hydrogens is 204 g/mol. The number of nitrogens with zero attached hydrogens (tertiary/aromatic N) is 1. The van der Waals surface area contributed by atoms with Crippen LogP contribution in [0.5, 0.6) is 0 Å². The fraction of sp³-hybridized carbons (Fsp3) is 0.111. The number of fused-ring (bicyclic) bond motifs is 1. The van der Waals surface area contributed by atoms with Crippen LogP contribution < -0.4 is 0 Å². The van der Waals surface area contributed by atoms with E-state index in [0.29, 0.717) is 5.52 Å². The van der Waals surface area contributed by atoms with Gasteiger partial charge in [0.2, 0.25) is 0 Å². The van der Waals surface area contributed by atoms with Crippen molar-refractivity contribution in [3.63, 3.8) is 0 Å². The van der Waals surface area contributed by atoms with Gasteiger partial charge in [-0.3, -0.25) is 5.10 Å². The largest absolute Gasteiger partial charge is 0.478 e. The van der Waals surface area contributed by atoms with E-state index in [0.717, 1.165) is 11.1 Å². The Morgan fingerprint density at radius 1 is 1.57 bits per heavy atom. The monoisotopic (exact) mass is 210 g/mol. The van der Waals surface area contributed by atoms with Gasteiger partial charge in [0.25, 0.3) is 0 Å². The van der Waals surface area contributed by atoms with Crippen LogP contribution in [0.3, 0.4) is 0 Å². The highest BCUT2D eigenvalue weighted by Gasteiger charge is 2.14. The highest BCUT2D eigenvalue weighted by atomic mass is 35.5. The molecule has 1 aromatic carbocycles. The van der Waals surface area contributed by atoms with Crippen LogP contribution in [0.15, 0.2) is 12.1 Å². The molecule has 4 nitrogen and oxygen atoms in total. The van der Waals surface area contributed by atoms with E-state index in [1.165, 1.54) is 6.07 Å². The van der Waals surface area contributed by atoms with Crippen LogP contribution in [-0.2, 0) is 0 Å². The number of aryl methyl sites for hydroxylation is 1. The van der Waals surface area contributed by atoms with Crippen molar-refractivity contribution in [1.29, 1.82) is 0 Å². The maximum atomic E-state index is 10.7. The zero-order valence-electron chi connectivity index (χ0n) is 7.34. The Morgan fingerprint density at radius 2 is 2.29 bits per heavy atom. The van der Waals surface area contributed by atoms with Crippen LogP contribution in [0, 0.1) is 6.92 Å². The van der Waals surface area contributed by atoms with Crippen molar-refractivity contribution in [2.75, 3.05) is 0 Å². The van der Waals surface area contributed by atoms with E-state index in [2.05, 4.69) is 10.2 Å². The zero-order valence-corrected chi connectivity index (χ0v) is 8.09. The molecule has 0 atom stereocenters. The molecule has 2 rings (SSSR count). The molecule has 0 saturated heterocycles. The van der Waals surface area contributed by atoms with E-state index in [-0.39, 0.29) is 10.6 Å². The number of H-pyrrole nitrogens is 1. The van der Waals surface area contributed by atoms with Crippen LogP contribution in [0.2, 0.25) is 5.02 Å². The fourth-order valence-corrected chi connectivity index (χ4v) is 1.63. The van der Waals surface area contributed by atoms with Crippen molar-refractivity contribution in [3.05, 3.63) is 28.4 Å². The number of carboxylic acids is 1. The molecule has 2 aromatic rings. The third-order valence-corrected chi connectivity index (χ3v) is 2.47. The molecule has 0 radical (unpaired) electrons. The zero-order chi connectivity index (χ0) is 10.3. The van der Waals surface area contributed by atoms with Gasteiger partial charge in [-0.15, -0.1) is 0 Å². The molecule has 0 aliphatic rings. The third-order valence-electron chi connectivity index (χ3n) is 2.09. The Labute approximate surface area is 84.5 Å². The Kier molecular flexibility index (Phi) is 1.93. The van der Waals surface area contributed by atoms with Gasteiger partial charge in [0.05, 0.1) is 10.6 Å². The molecule has 0 saturated carbocycles. The molecule has 14 heavy (non-hydrogen) atoms. The molecule has 2 N–H and O–H groups in total. The lowest BCUT2D eigenvalue weighted by Crippen LogP contribution is -1.97. The van der Waals surface area contributed by atoms with E-state index in [1.54, 1.807) is 6.07 Å². The van der Waals surface area contributed by atoms with Gasteiger partial charge >= 0.3 is 5.97 Å². The van der Waals surface area contributed by atoms with E-state index in [4.69, 9.17) is 16.7 Å². The summed E-state index contributed by atoms with van der Waals surface area (Å²) in [5.74, 6) is -1.04. The number of hydrogen-bond acceptors (Lipinski definition) is 2. The number of carboxylic acid groups (broad SMARTS) is 1. The fourth-order valence-electron chi connectivity index (χ4n) is 1.34. The smallest absolute Gasteiger partial charge is 0.337 e. The maximum Gasteiger partial charge on any atom is 0.337 e. The first kappa shape index (κ1) is 9.02. The minimum absolute atomic E-state index is 0.0747. The quantitative estimate of drug-likeness (QED) is 0.759. The Morgan fingerprint density at radius 3 is 2.93 bits per heavy atom. The number of nitrogens with one attached hydrogen (secondary N) is 1. The number of carbonyl (C=O) groups is 1. The lowest BCUT2D eigenvalue weighted by molar-refractivity contribution is 0.0697. The number of rotatable bonds is 1. The maximum absolute atomic E-state index is 10.7. The second kappa shape index (κ2) is 2.99. The first-order valence-corrected chi connectivity index (χ1v) is 4.35. The van der Waals surface area contributed by atoms with Gasteiger partial charge in [-0.25, -0.2) is 4.79 Å². The highest BCUT2D eigenvalue weighted by Crippen LogP contribution is 2.27. The van der Waals surface area contributed by atoms with Crippen LogP contribution in [0.4, 0.5) is 0 Å². The Bertz CT molecular complexity index is 519. The molecule has 0 amide bonds. The summed E-state index contributed by atoms with van der Waals surface area (Å²) in [4.78, 5) is 10.7. The predicted octanol–water partition coefficient (Wildman–Crippen LogP) is 2.22. The molecule has 0 fully saturated rings. The van der Waals surface area contributed by atoms with Crippen molar-refractivity contribution < 1.29 is 9.90 Å². The van der Waals surface area contributed by atoms with E-state index in [1.807, 2.05) is 6.92 Å². The molecule has 0 aliphatic heterocycles. The molecule has 72 valence electrons. The molecule has 1 aromatic heterocycles. The van der Waals surface area contributed by atoms with Crippen LogP contribution in [-0.4, -0.2) is 21.3 Å². The Balaban J connectivity index is 2.82. The summed E-state index contributed by atoms with van der Waals surface area (Å²) in [5, 5.41) is 16.5. The van der Waals surface area contributed by atoms with Gasteiger partial charge in [0.15, 0.2) is 0 Å². The van der Waals surface area contributed by atoms with Gasteiger partial charge in [-0.05, 0) is 19.1 Å². The molecule has 0 aliphatic carbocycles. The first-order chi connectivity index (χ1) is 6.61. The van der Waals surface area contributed by atoms with Crippen LogP contribution >= 0.6 is 11.6 Å². The van der Waals surface area contributed by atoms with E-state index < -0.39 is 5.97 Å². The summed E-state index contributed by atoms with van der Waals surface area (Å²) >= 11 is 5.89. The van der Waals surface area contributed by atoms with Crippen molar-refractivity contribution >= 4 is 28.5 Å². The number of aromatic nitrogens is 2. The lowest BCUT2D eigenvalue weighted by Gasteiger charge is -1.98. The summed E-state index contributed by atoms with van der Waals surface area (Å²) in [6.45, 7) is 1.85. The van der Waals surface area contributed by atoms with Gasteiger partial charge in [0, 0.05) is 11.1 Å². The van der Waals surface area contributed by atoms with Gasteiger partial charge in [-0.2, -0.15) is 5.10 Å². The second-order valence-corrected chi connectivity index (χ2v) is 3.35. The molecule has 0 unspecified atom stereocenters. The van der Waals surface area contributed by atoms with Crippen molar-refractivity contribution in [2.45, 2.75) is 6.92 Å². The molecule has 1 heterocycles. The molecular formula is C9H7ClN2O2. The number of aromatic amines is 1. The summed E-state index contributed by atoms with van der Waals surface area (Å²) in [5.41, 5.74) is 1.45. The second-order valence-electron chi connectivity index (χ2n) is 2.98. The Hall–Kier alpha value is -1.55. The van der Waals surface area contributed by atoms with Crippen molar-refractivity contribution in [3.8, 4) is 0 Å². The van der Waals surface area contributed by atoms with Crippen molar-refractivity contribution in [2.24, 2.45) is 0 Å². The highest BCUT2D eigenvalue weighted by molar-refractivity contribution is 6.38. The molecule has 5 heteroatoms. The molecule has 0 bridgehead atoms. The minimum atomic E-state index is -1.04. The average molecular weight is 211 g/mol. The minimum Gasteiger partial charge on any atom is -0.478 e. The van der Waals surface area contributed by atoms with Gasteiger partial charge in [0.1, 0.15) is 5.52 Å². The average Bonchev–Trinajstić information content (AvgIpc) is 2.49. The van der Waals surface area contributed by atoms with Gasteiger partial charge < -0.3 is 5.11 Å². The number of aromatic carboxylic acids is 1. The summed E-state index contributed by atoms with van der Waals surface area (Å²) in [7, 11) is 0. The topological polar surface area (TPSA) is 66.0 Å². The third kappa shape index (κ3) is 1.15. The van der Waals surface area contributed by atoms with Crippen LogP contribution in [0.1, 0.15) is 16.1 Å². The SMILES string of the molecule is Cc1[nH]nc2c(Cl)c(C(=O)O)ccc12. The first-order valence-electron chi connectivity index (χ1n) is 3.97. The summed E-state index contributed by atoms with van der Waals surface area (Å²) < 4.78 is 0.